The van der Waals surface area contributed by atoms with Crippen molar-refractivity contribution in [2.75, 3.05) is 11.5 Å². The van der Waals surface area contributed by atoms with Gasteiger partial charge >= 0.3 is 11.9 Å². The quantitative estimate of drug-likeness (QED) is 0.0913. The monoisotopic (exact) mass is 522 g/mol. The molecule has 0 aliphatic rings. The first kappa shape index (κ1) is 27.9. The Kier molecular flexibility index (Phi) is 11.9. The maximum Gasteiger partial charge on any atom is 0.343 e. The summed E-state index contributed by atoms with van der Waals surface area (Å²) in [6.45, 7) is 4.39. The van der Waals surface area contributed by atoms with Gasteiger partial charge in [-0.3, -0.25) is 0 Å². The summed E-state index contributed by atoms with van der Waals surface area (Å²) in [6, 6.07) is 21.4. The zero-order valence-electron chi connectivity index (χ0n) is 21.0. The molecule has 0 fully saturated rings. The van der Waals surface area contributed by atoms with E-state index in [1.54, 1.807) is 72.1 Å². The van der Waals surface area contributed by atoms with Gasteiger partial charge in [-0.15, -0.1) is 23.5 Å². The lowest BCUT2D eigenvalue weighted by molar-refractivity contribution is 0.0719. The van der Waals surface area contributed by atoms with Crippen LogP contribution in [0.5, 0.6) is 11.5 Å². The molecule has 0 bridgehead atoms. The average molecular weight is 523 g/mol. The molecule has 3 aromatic rings. The largest absolute Gasteiger partial charge is 0.423 e. The molecule has 0 radical (unpaired) electrons. The Hall–Kier alpha value is -2.70. The molecule has 3 aromatic carbocycles. The molecule has 0 atom stereocenters. The fourth-order valence-electron chi connectivity index (χ4n) is 3.37. The van der Waals surface area contributed by atoms with Crippen molar-refractivity contribution in [1.82, 2.24) is 0 Å². The minimum absolute atomic E-state index is 0.391. The van der Waals surface area contributed by atoms with Gasteiger partial charge in [-0.1, -0.05) is 39.5 Å². The molecule has 0 amide bonds. The molecule has 36 heavy (non-hydrogen) atoms. The van der Waals surface area contributed by atoms with Crippen molar-refractivity contribution in [3.63, 3.8) is 0 Å². The van der Waals surface area contributed by atoms with Crippen LogP contribution in [-0.4, -0.2) is 23.4 Å². The lowest BCUT2D eigenvalue weighted by atomic mass is 10.2. The van der Waals surface area contributed by atoms with Gasteiger partial charge in [0, 0.05) is 9.79 Å². The number of esters is 2. The van der Waals surface area contributed by atoms with Crippen LogP contribution in [0.25, 0.3) is 0 Å². The Balaban J connectivity index is 1.47. The smallest absolute Gasteiger partial charge is 0.343 e. The molecule has 0 N–H and O–H groups in total. The number of hydrogen-bond donors (Lipinski definition) is 0. The normalized spacial score (nSPS) is 10.7. The number of hydrogen-bond acceptors (Lipinski definition) is 6. The van der Waals surface area contributed by atoms with E-state index in [0.29, 0.717) is 22.6 Å². The zero-order chi connectivity index (χ0) is 25.6. The van der Waals surface area contributed by atoms with Gasteiger partial charge in [-0.2, -0.15) is 0 Å². The molecule has 0 heterocycles. The number of carbonyl (C=O) groups excluding carboxylic acids is 2. The van der Waals surface area contributed by atoms with Gasteiger partial charge in [-0.05, 0) is 97.1 Å². The van der Waals surface area contributed by atoms with Crippen molar-refractivity contribution in [2.45, 2.75) is 62.2 Å². The van der Waals surface area contributed by atoms with Crippen molar-refractivity contribution in [2.24, 2.45) is 0 Å². The number of thioether (sulfide) groups is 2. The van der Waals surface area contributed by atoms with Gasteiger partial charge < -0.3 is 9.47 Å². The lowest BCUT2D eigenvalue weighted by Gasteiger charge is -2.08. The molecular weight excluding hydrogens is 488 g/mol. The fourth-order valence-corrected chi connectivity index (χ4v) is 5.19. The van der Waals surface area contributed by atoms with Crippen molar-refractivity contribution in [3.8, 4) is 11.5 Å². The molecule has 0 saturated carbocycles. The van der Waals surface area contributed by atoms with E-state index in [9.17, 15) is 9.59 Å². The maximum absolute atomic E-state index is 12.5. The van der Waals surface area contributed by atoms with E-state index in [1.165, 1.54) is 38.5 Å². The Morgan fingerprint density at radius 1 is 0.556 bits per heavy atom. The first-order chi connectivity index (χ1) is 17.6. The molecular formula is C30H34O4S2. The topological polar surface area (TPSA) is 52.6 Å². The molecule has 3 rings (SSSR count). The van der Waals surface area contributed by atoms with E-state index >= 15 is 0 Å². The second-order valence-corrected chi connectivity index (χ2v) is 10.7. The van der Waals surface area contributed by atoms with Crippen LogP contribution >= 0.6 is 23.5 Å². The van der Waals surface area contributed by atoms with E-state index in [4.69, 9.17) is 9.47 Å². The summed E-state index contributed by atoms with van der Waals surface area (Å²) >= 11 is 3.60. The Labute approximate surface area is 223 Å². The summed E-state index contributed by atoms with van der Waals surface area (Å²) < 4.78 is 10.9. The van der Waals surface area contributed by atoms with Crippen LogP contribution in [0.2, 0.25) is 0 Å². The number of ether oxygens (including phenoxy) is 2. The summed E-state index contributed by atoms with van der Waals surface area (Å²) in [5.74, 6) is 2.10. The highest BCUT2D eigenvalue weighted by Gasteiger charge is 2.11. The van der Waals surface area contributed by atoms with E-state index in [-0.39, 0.29) is 0 Å². The predicted molar refractivity (Wildman–Crippen MR) is 150 cm³/mol. The van der Waals surface area contributed by atoms with Crippen LogP contribution < -0.4 is 9.47 Å². The molecule has 0 saturated heterocycles. The van der Waals surface area contributed by atoms with Crippen LogP contribution in [0, 0.1) is 0 Å². The van der Waals surface area contributed by atoms with E-state index < -0.39 is 11.9 Å². The van der Waals surface area contributed by atoms with Crippen LogP contribution in [0.4, 0.5) is 0 Å². The summed E-state index contributed by atoms with van der Waals surface area (Å²) in [5, 5.41) is 0. The Morgan fingerprint density at radius 2 is 0.917 bits per heavy atom. The minimum Gasteiger partial charge on any atom is -0.423 e. The zero-order valence-corrected chi connectivity index (χ0v) is 22.7. The Bertz CT molecular complexity index is 989. The highest BCUT2D eigenvalue weighted by Crippen LogP contribution is 2.24. The average Bonchev–Trinajstić information content (AvgIpc) is 2.91. The molecule has 4 nitrogen and oxygen atoms in total. The second kappa shape index (κ2) is 15.4. The van der Waals surface area contributed by atoms with Crippen LogP contribution in [0.15, 0.2) is 82.6 Å². The summed E-state index contributed by atoms with van der Waals surface area (Å²) in [5.41, 5.74) is 0.991. The van der Waals surface area contributed by atoms with Gasteiger partial charge in [0.05, 0.1) is 11.1 Å². The third-order valence-electron chi connectivity index (χ3n) is 5.46. The standard InChI is InChI=1S/C30H34O4S2/c1-3-5-7-21-35-27-17-9-23(10-18-27)29(31)33-25-13-15-26(16-14-25)34-30(32)24-11-19-28(20-12-24)36-22-8-6-4-2/h9-20H,3-8,21-22H2,1-2H3. The lowest BCUT2D eigenvalue weighted by Crippen LogP contribution is -2.09. The van der Waals surface area contributed by atoms with Crippen molar-refractivity contribution < 1.29 is 19.1 Å². The fraction of sp³-hybridized carbons (Fsp3) is 0.333. The van der Waals surface area contributed by atoms with Gasteiger partial charge in [-0.25, -0.2) is 9.59 Å². The van der Waals surface area contributed by atoms with E-state index in [1.807, 2.05) is 24.3 Å². The SMILES string of the molecule is CCCCCSc1ccc(C(=O)Oc2ccc(OC(=O)c3ccc(SCCCCC)cc3)cc2)cc1. The third-order valence-corrected chi connectivity index (χ3v) is 7.65. The number of unbranched alkanes of at least 4 members (excludes halogenated alkanes) is 4. The molecule has 0 aliphatic carbocycles. The molecule has 0 aliphatic heterocycles. The molecule has 0 aromatic heterocycles. The first-order valence-corrected chi connectivity index (χ1v) is 14.6. The number of carbonyl (C=O) groups is 2. The molecule has 190 valence electrons. The second-order valence-electron chi connectivity index (χ2n) is 8.41. The highest BCUT2D eigenvalue weighted by molar-refractivity contribution is 7.99. The molecule has 0 unspecified atom stereocenters. The van der Waals surface area contributed by atoms with Gasteiger partial charge in [0.15, 0.2) is 0 Å². The summed E-state index contributed by atoms with van der Waals surface area (Å²) in [6.07, 6.45) is 7.28. The van der Waals surface area contributed by atoms with Crippen molar-refractivity contribution in [3.05, 3.63) is 83.9 Å². The highest BCUT2D eigenvalue weighted by atomic mass is 32.2. The maximum atomic E-state index is 12.5. The minimum atomic E-state index is -0.421. The molecule has 6 heteroatoms. The first-order valence-electron chi connectivity index (χ1n) is 12.6. The van der Waals surface area contributed by atoms with Gasteiger partial charge in [0.2, 0.25) is 0 Å². The van der Waals surface area contributed by atoms with Crippen molar-refractivity contribution in [1.29, 1.82) is 0 Å². The van der Waals surface area contributed by atoms with Gasteiger partial charge in [0.1, 0.15) is 11.5 Å². The van der Waals surface area contributed by atoms with E-state index in [2.05, 4.69) is 13.8 Å². The van der Waals surface area contributed by atoms with Crippen LogP contribution in [0.3, 0.4) is 0 Å². The van der Waals surface area contributed by atoms with Crippen LogP contribution in [-0.2, 0) is 0 Å². The summed E-state index contributed by atoms with van der Waals surface area (Å²) in [7, 11) is 0. The van der Waals surface area contributed by atoms with Crippen molar-refractivity contribution >= 4 is 35.5 Å². The summed E-state index contributed by atoms with van der Waals surface area (Å²) in [4.78, 5) is 27.3. The third kappa shape index (κ3) is 9.40. The number of rotatable bonds is 14. The van der Waals surface area contributed by atoms with Gasteiger partial charge in [0.25, 0.3) is 0 Å². The molecule has 0 spiro atoms. The van der Waals surface area contributed by atoms with Crippen LogP contribution in [0.1, 0.15) is 73.1 Å². The predicted octanol–water partition coefficient (Wildman–Crippen LogP) is 8.69. The Morgan fingerprint density at radius 3 is 1.25 bits per heavy atom. The number of benzene rings is 3. The van der Waals surface area contributed by atoms with E-state index in [0.717, 1.165) is 21.3 Å².